The Morgan fingerprint density at radius 3 is 2.50 bits per heavy atom. The molecule has 34 heavy (non-hydrogen) atoms. The molecule has 0 saturated carbocycles. The van der Waals surface area contributed by atoms with Crippen LogP contribution in [0.2, 0.25) is 0 Å². The zero-order chi connectivity index (χ0) is 23.5. The first kappa shape index (κ1) is 22.7. The van der Waals surface area contributed by atoms with Gasteiger partial charge in [-0.2, -0.15) is 4.31 Å². The monoisotopic (exact) mass is 479 g/mol. The van der Waals surface area contributed by atoms with E-state index >= 15 is 0 Å². The Morgan fingerprint density at radius 2 is 1.74 bits per heavy atom. The van der Waals surface area contributed by atoms with E-state index in [1.807, 2.05) is 42.5 Å². The molecule has 2 heterocycles. The van der Waals surface area contributed by atoms with Gasteiger partial charge in [-0.15, -0.1) is 5.10 Å². The lowest BCUT2D eigenvalue weighted by atomic mass is 9.92. The van der Waals surface area contributed by atoms with Crippen LogP contribution >= 0.6 is 0 Å². The molecule has 1 N–H and O–H groups in total. The van der Waals surface area contributed by atoms with E-state index in [-0.39, 0.29) is 17.8 Å². The molecule has 2 aliphatic rings. The summed E-state index contributed by atoms with van der Waals surface area (Å²) in [5.41, 5.74) is 3.51. The van der Waals surface area contributed by atoms with E-state index in [1.165, 1.54) is 9.87 Å². The van der Waals surface area contributed by atoms with Crippen LogP contribution in [0.3, 0.4) is 0 Å². The van der Waals surface area contributed by atoms with Gasteiger partial charge >= 0.3 is 0 Å². The van der Waals surface area contributed by atoms with Gasteiger partial charge in [-0.1, -0.05) is 36.4 Å². The Bertz CT molecular complexity index is 1260. The number of hydrogen-bond donors (Lipinski definition) is 1. The zero-order valence-corrected chi connectivity index (χ0v) is 19.9. The fraction of sp³-hybridized carbons (Fsp3) is 0.400. The standard InChI is InChI=1S/C25H29N5O3S/c31-24(27-25-26-18-29(28-25)17-19-6-2-1-3-7-19)21-12-14-30(15-13-21)34(32,33)23-11-10-20-8-4-5-9-22(20)16-23/h1-3,6-7,10-11,16,18,21H,4-5,8-9,12-15,17H2,(H,27,28,31). The largest absolute Gasteiger partial charge is 0.293 e. The van der Waals surface area contributed by atoms with Crippen molar-refractivity contribution in [3.63, 3.8) is 0 Å². The molecule has 1 aliphatic carbocycles. The number of nitrogens with zero attached hydrogens (tertiary/aromatic N) is 4. The SMILES string of the molecule is O=C(Nc1ncn(Cc2ccccc2)n1)C1CCN(S(=O)(=O)c2ccc3c(c2)CCCC3)CC1. The van der Waals surface area contributed by atoms with E-state index in [2.05, 4.69) is 15.4 Å². The second-order valence-electron chi connectivity index (χ2n) is 9.06. The number of rotatable bonds is 6. The summed E-state index contributed by atoms with van der Waals surface area (Å²) in [6, 6.07) is 15.4. The number of piperidine rings is 1. The molecule has 178 valence electrons. The van der Waals surface area contributed by atoms with Crippen LogP contribution in [0.4, 0.5) is 5.95 Å². The molecule has 5 rings (SSSR count). The van der Waals surface area contributed by atoms with Gasteiger partial charge in [-0.3, -0.25) is 10.1 Å². The van der Waals surface area contributed by atoms with Gasteiger partial charge in [-0.25, -0.2) is 18.1 Å². The molecule has 1 saturated heterocycles. The molecule has 1 amide bonds. The number of carbonyl (C=O) groups excluding carboxylic acids is 1. The molecule has 9 heteroatoms. The van der Waals surface area contributed by atoms with Crippen LogP contribution < -0.4 is 5.32 Å². The van der Waals surface area contributed by atoms with Crippen molar-refractivity contribution >= 4 is 21.9 Å². The summed E-state index contributed by atoms with van der Waals surface area (Å²) in [5.74, 6) is -0.163. The minimum Gasteiger partial charge on any atom is -0.293 e. The van der Waals surface area contributed by atoms with Gasteiger partial charge < -0.3 is 0 Å². The predicted octanol–water partition coefficient (Wildman–Crippen LogP) is 3.24. The van der Waals surface area contributed by atoms with Crippen molar-refractivity contribution in [3.8, 4) is 0 Å². The summed E-state index contributed by atoms with van der Waals surface area (Å²) in [7, 11) is -3.56. The topological polar surface area (TPSA) is 97.2 Å². The van der Waals surface area contributed by atoms with E-state index in [9.17, 15) is 13.2 Å². The number of aryl methyl sites for hydroxylation is 2. The average molecular weight is 480 g/mol. The quantitative estimate of drug-likeness (QED) is 0.585. The minimum atomic E-state index is -3.56. The number of fused-ring (bicyclic) bond motifs is 1. The molecule has 0 radical (unpaired) electrons. The minimum absolute atomic E-state index is 0.164. The van der Waals surface area contributed by atoms with Crippen molar-refractivity contribution < 1.29 is 13.2 Å². The lowest BCUT2D eigenvalue weighted by molar-refractivity contribution is -0.121. The third-order valence-corrected chi connectivity index (χ3v) is 8.64. The van der Waals surface area contributed by atoms with E-state index in [1.54, 1.807) is 17.1 Å². The zero-order valence-electron chi connectivity index (χ0n) is 19.1. The summed E-state index contributed by atoms with van der Waals surface area (Å²) in [6.07, 6.45) is 6.78. The Morgan fingerprint density at radius 1 is 1.00 bits per heavy atom. The molecular weight excluding hydrogens is 450 g/mol. The Kier molecular flexibility index (Phi) is 6.47. The van der Waals surface area contributed by atoms with Gasteiger partial charge in [0.15, 0.2) is 0 Å². The lowest BCUT2D eigenvalue weighted by Gasteiger charge is -2.30. The number of aromatic nitrogens is 3. The van der Waals surface area contributed by atoms with Gasteiger partial charge in [0.1, 0.15) is 6.33 Å². The second-order valence-corrected chi connectivity index (χ2v) is 11.0. The van der Waals surface area contributed by atoms with Crippen molar-refractivity contribution in [1.82, 2.24) is 19.1 Å². The van der Waals surface area contributed by atoms with Gasteiger partial charge in [-0.05, 0) is 67.3 Å². The second kappa shape index (κ2) is 9.68. The highest BCUT2D eigenvalue weighted by Gasteiger charge is 2.32. The van der Waals surface area contributed by atoms with Crippen molar-refractivity contribution in [2.75, 3.05) is 18.4 Å². The number of sulfonamides is 1. The summed E-state index contributed by atoms with van der Waals surface area (Å²) in [6.45, 7) is 1.23. The normalized spacial score (nSPS) is 17.3. The van der Waals surface area contributed by atoms with Crippen LogP contribution in [0, 0.1) is 5.92 Å². The highest BCUT2D eigenvalue weighted by Crippen LogP contribution is 2.28. The fourth-order valence-corrected chi connectivity index (χ4v) is 6.31. The molecule has 8 nitrogen and oxygen atoms in total. The molecule has 2 aromatic carbocycles. The molecule has 0 bridgehead atoms. The smallest absolute Gasteiger partial charge is 0.248 e. The predicted molar refractivity (Wildman–Crippen MR) is 129 cm³/mol. The number of anilines is 1. The summed E-state index contributed by atoms with van der Waals surface area (Å²) in [4.78, 5) is 17.3. The molecule has 1 fully saturated rings. The third-order valence-electron chi connectivity index (χ3n) is 6.74. The lowest BCUT2D eigenvalue weighted by Crippen LogP contribution is -2.41. The first-order valence-electron chi connectivity index (χ1n) is 11.9. The van der Waals surface area contributed by atoms with Crippen molar-refractivity contribution in [3.05, 3.63) is 71.5 Å². The molecule has 1 aromatic heterocycles. The van der Waals surface area contributed by atoms with Crippen LogP contribution in [-0.2, 0) is 34.2 Å². The van der Waals surface area contributed by atoms with Gasteiger partial charge in [0.25, 0.3) is 0 Å². The molecule has 3 aromatic rings. The van der Waals surface area contributed by atoms with Crippen LogP contribution in [0.25, 0.3) is 0 Å². The van der Waals surface area contributed by atoms with Gasteiger partial charge in [0, 0.05) is 19.0 Å². The number of amides is 1. The van der Waals surface area contributed by atoms with Crippen LogP contribution in [-0.4, -0.2) is 46.5 Å². The summed E-state index contributed by atoms with van der Waals surface area (Å²) in [5, 5.41) is 7.12. The number of benzene rings is 2. The van der Waals surface area contributed by atoms with Crippen LogP contribution in [0.15, 0.2) is 59.8 Å². The number of nitrogens with one attached hydrogen (secondary N) is 1. The molecule has 0 unspecified atom stereocenters. The van der Waals surface area contributed by atoms with Gasteiger partial charge in [0.05, 0.1) is 11.4 Å². The maximum Gasteiger partial charge on any atom is 0.248 e. The van der Waals surface area contributed by atoms with Gasteiger partial charge in [0.2, 0.25) is 21.9 Å². The Balaban J connectivity index is 1.17. The average Bonchev–Trinajstić information content (AvgIpc) is 3.30. The molecular formula is C25H29N5O3S. The van der Waals surface area contributed by atoms with E-state index in [0.29, 0.717) is 37.4 Å². The molecule has 0 atom stereocenters. The van der Waals surface area contributed by atoms with Crippen molar-refractivity contribution in [2.45, 2.75) is 50.0 Å². The van der Waals surface area contributed by atoms with Crippen LogP contribution in [0.5, 0.6) is 0 Å². The maximum atomic E-state index is 13.2. The summed E-state index contributed by atoms with van der Waals surface area (Å²) < 4.78 is 29.6. The first-order valence-corrected chi connectivity index (χ1v) is 13.3. The van der Waals surface area contributed by atoms with Crippen LogP contribution in [0.1, 0.15) is 42.4 Å². The van der Waals surface area contributed by atoms with E-state index < -0.39 is 10.0 Å². The highest BCUT2D eigenvalue weighted by atomic mass is 32.2. The maximum absolute atomic E-state index is 13.2. The van der Waals surface area contributed by atoms with Crippen molar-refractivity contribution in [2.24, 2.45) is 5.92 Å². The van der Waals surface area contributed by atoms with E-state index in [4.69, 9.17) is 0 Å². The third kappa shape index (κ3) is 4.90. The molecule has 0 spiro atoms. The Labute approximate surface area is 200 Å². The Hall–Kier alpha value is -3.04. The first-order chi connectivity index (χ1) is 16.5. The summed E-state index contributed by atoms with van der Waals surface area (Å²) >= 11 is 0. The fourth-order valence-electron chi connectivity index (χ4n) is 4.79. The molecule has 1 aliphatic heterocycles. The highest BCUT2D eigenvalue weighted by molar-refractivity contribution is 7.89. The van der Waals surface area contributed by atoms with E-state index in [0.717, 1.165) is 36.8 Å². The van der Waals surface area contributed by atoms with Crippen molar-refractivity contribution in [1.29, 1.82) is 0 Å². The number of hydrogen-bond acceptors (Lipinski definition) is 5. The number of carbonyl (C=O) groups is 1.